The van der Waals surface area contributed by atoms with Gasteiger partial charge >= 0.3 is 12.1 Å². The summed E-state index contributed by atoms with van der Waals surface area (Å²) in [6.07, 6.45) is -2.64. The Hall–Kier alpha value is -4.27. The summed E-state index contributed by atoms with van der Waals surface area (Å²) < 4.78 is 41.9. The van der Waals surface area contributed by atoms with Crippen molar-refractivity contribution >= 4 is 28.8 Å². The summed E-state index contributed by atoms with van der Waals surface area (Å²) in [6, 6.07) is 13.6. The van der Waals surface area contributed by atoms with Gasteiger partial charge < -0.3 is 15.3 Å². The molecule has 1 heterocycles. The molecule has 3 aromatic carbocycles. The van der Waals surface area contributed by atoms with Crippen molar-refractivity contribution in [3.05, 3.63) is 82.4 Å². The zero-order valence-corrected chi connectivity index (χ0v) is 20.2. The Bertz CT molecular complexity index is 1500. The molecule has 0 aliphatic carbocycles. The van der Waals surface area contributed by atoms with E-state index in [1.165, 1.54) is 16.8 Å². The Morgan fingerprint density at radius 3 is 2.38 bits per heavy atom. The second-order valence-electron chi connectivity index (χ2n) is 8.94. The summed E-state index contributed by atoms with van der Waals surface area (Å²) in [7, 11) is 0. The van der Waals surface area contributed by atoms with Crippen LogP contribution in [0.15, 0.2) is 59.6 Å². The van der Waals surface area contributed by atoms with Crippen LogP contribution in [0.1, 0.15) is 40.7 Å². The van der Waals surface area contributed by atoms with Crippen LogP contribution in [0.2, 0.25) is 0 Å². The van der Waals surface area contributed by atoms with Crippen LogP contribution in [-0.4, -0.2) is 32.1 Å². The smallest absolute Gasteiger partial charge is 0.416 e. The lowest BCUT2D eigenvalue weighted by molar-refractivity contribution is -0.138. The van der Waals surface area contributed by atoms with Gasteiger partial charge in [0.25, 0.3) is 0 Å². The van der Waals surface area contributed by atoms with E-state index in [1.807, 2.05) is 19.9 Å². The molecule has 4 aromatic rings. The fraction of sp³-hybridized carbons (Fsp3) is 0.214. The molecule has 0 bridgehead atoms. The van der Waals surface area contributed by atoms with Crippen LogP contribution in [0.25, 0.3) is 16.6 Å². The maximum atomic E-state index is 13.5. The number of para-hydroxylation sites is 1. The van der Waals surface area contributed by atoms with Gasteiger partial charge in [-0.3, -0.25) is 14.4 Å². The number of carboxylic acids is 1. The minimum absolute atomic E-state index is 0.0430. The standard InChI is InChI=1S/C28H25F3N2O4/c1-16-11-17(2)13-20(12-16)33-24-14-19(28(29,30)31)9-10-21(24)22(27(33)37)15-32-23-7-3-5-18(26(23)36)6-4-8-25(34)35/h3,5,7,9-15,36-37H,4,6,8H2,1-2H3,(H,34,35). The number of rotatable bonds is 7. The van der Waals surface area contributed by atoms with Gasteiger partial charge in [-0.25, -0.2) is 0 Å². The SMILES string of the molecule is Cc1cc(C)cc(-n2c(O)c(C=Nc3cccc(CCCC(=O)O)c3O)c3ccc(C(F)(F)F)cc32)c1. The first kappa shape index (κ1) is 25.8. The van der Waals surface area contributed by atoms with Gasteiger partial charge in [-0.05, 0) is 73.7 Å². The van der Waals surface area contributed by atoms with Crippen molar-refractivity contribution in [2.45, 2.75) is 39.3 Å². The molecule has 0 amide bonds. The monoisotopic (exact) mass is 510 g/mol. The number of carbonyl (C=O) groups is 1. The van der Waals surface area contributed by atoms with E-state index in [2.05, 4.69) is 4.99 Å². The van der Waals surface area contributed by atoms with Crippen molar-refractivity contribution in [2.24, 2.45) is 4.99 Å². The summed E-state index contributed by atoms with van der Waals surface area (Å²) in [4.78, 5) is 15.1. The van der Waals surface area contributed by atoms with Gasteiger partial charge in [0.1, 0.15) is 11.4 Å². The van der Waals surface area contributed by atoms with E-state index >= 15 is 0 Å². The molecule has 0 fully saturated rings. The van der Waals surface area contributed by atoms with E-state index in [9.17, 15) is 28.2 Å². The van der Waals surface area contributed by atoms with E-state index < -0.39 is 17.7 Å². The predicted molar refractivity (Wildman–Crippen MR) is 135 cm³/mol. The van der Waals surface area contributed by atoms with E-state index in [4.69, 9.17) is 5.11 Å². The van der Waals surface area contributed by atoms with Crippen molar-refractivity contribution < 1.29 is 33.3 Å². The molecule has 0 aliphatic heterocycles. The highest BCUT2D eigenvalue weighted by Gasteiger charge is 2.31. The number of hydrogen-bond acceptors (Lipinski definition) is 4. The predicted octanol–water partition coefficient (Wildman–Crippen LogP) is 6.84. The van der Waals surface area contributed by atoms with Crippen LogP contribution in [-0.2, 0) is 17.4 Å². The first-order valence-corrected chi connectivity index (χ1v) is 11.6. The van der Waals surface area contributed by atoms with Crippen molar-refractivity contribution in [2.75, 3.05) is 0 Å². The number of aliphatic carboxylic acids is 1. The number of halogens is 3. The summed E-state index contributed by atoms with van der Waals surface area (Å²) in [6.45, 7) is 3.71. The molecule has 3 N–H and O–H groups in total. The van der Waals surface area contributed by atoms with Crippen LogP contribution in [0.5, 0.6) is 11.6 Å². The van der Waals surface area contributed by atoms with Crippen molar-refractivity contribution in [1.82, 2.24) is 4.57 Å². The number of aromatic hydroxyl groups is 2. The Balaban J connectivity index is 1.83. The maximum Gasteiger partial charge on any atom is 0.416 e. The summed E-state index contributed by atoms with van der Waals surface area (Å²) in [5.41, 5.74) is 2.47. The molecule has 4 rings (SSSR count). The third-order valence-corrected chi connectivity index (χ3v) is 6.04. The number of nitrogens with zero attached hydrogens (tertiary/aromatic N) is 2. The molecular weight excluding hydrogens is 485 g/mol. The quantitative estimate of drug-likeness (QED) is 0.237. The van der Waals surface area contributed by atoms with Crippen molar-refractivity contribution in [3.8, 4) is 17.3 Å². The normalized spacial score (nSPS) is 12.0. The molecule has 0 saturated heterocycles. The first-order chi connectivity index (χ1) is 17.5. The number of fused-ring (bicyclic) bond motifs is 1. The average Bonchev–Trinajstić information content (AvgIpc) is 3.08. The second-order valence-corrected chi connectivity index (χ2v) is 8.94. The third kappa shape index (κ3) is 5.45. The Morgan fingerprint density at radius 1 is 1.03 bits per heavy atom. The molecule has 0 saturated carbocycles. The fourth-order valence-corrected chi connectivity index (χ4v) is 4.39. The number of aliphatic imine (C=N–C) groups is 1. The summed E-state index contributed by atoms with van der Waals surface area (Å²) >= 11 is 0. The van der Waals surface area contributed by atoms with Crippen LogP contribution in [0.3, 0.4) is 0 Å². The second kappa shape index (κ2) is 10.0. The van der Waals surface area contributed by atoms with Crippen molar-refractivity contribution in [3.63, 3.8) is 0 Å². The van der Waals surface area contributed by atoms with Gasteiger partial charge in [-0.2, -0.15) is 13.2 Å². The highest BCUT2D eigenvalue weighted by Crippen LogP contribution is 2.39. The lowest BCUT2D eigenvalue weighted by Gasteiger charge is -2.11. The highest BCUT2D eigenvalue weighted by molar-refractivity contribution is 6.04. The van der Waals surface area contributed by atoms with Crippen LogP contribution in [0.4, 0.5) is 18.9 Å². The van der Waals surface area contributed by atoms with E-state index in [-0.39, 0.29) is 34.8 Å². The molecule has 1 aromatic heterocycles. The molecule has 0 radical (unpaired) electrons. The Morgan fingerprint density at radius 2 is 1.73 bits per heavy atom. The summed E-state index contributed by atoms with van der Waals surface area (Å²) in [5.74, 6) is -1.35. The largest absolute Gasteiger partial charge is 0.505 e. The topological polar surface area (TPSA) is 95.0 Å². The number of aryl methyl sites for hydroxylation is 3. The van der Waals surface area contributed by atoms with E-state index in [0.29, 0.717) is 29.5 Å². The maximum absolute atomic E-state index is 13.5. The molecule has 9 heteroatoms. The van der Waals surface area contributed by atoms with Gasteiger partial charge in [0.05, 0.1) is 16.6 Å². The molecule has 192 valence electrons. The van der Waals surface area contributed by atoms with Crippen molar-refractivity contribution in [1.29, 1.82) is 0 Å². The zero-order valence-electron chi connectivity index (χ0n) is 20.2. The lowest BCUT2D eigenvalue weighted by atomic mass is 10.1. The third-order valence-electron chi connectivity index (χ3n) is 6.04. The van der Waals surface area contributed by atoms with Gasteiger partial charge in [0, 0.05) is 23.7 Å². The van der Waals surface area contributed by atoms with E-state index in [1.54, 1.807) is 30.3 Å². The molecule has 0 atom stereocenters. The Kier molecular flexibility index (Phi) is 6.98. The molecule has 0 aliphatic rings. The van der Waals surface area contributed by atoms with Crippen LogP contribution >= 0.6 is 0 Å². The summed E-state index contributed by atoms with van der Waals surface area (Å²) in [5, 5.41) is 31.0. The van der Waals surface area contributed by atoms with Crippen LogP contribution < -0.4 is 0 Å². The fourth-order valence-electron chi connectivity index (χ4n) is 4.39. The first-order valence-electron chi connectivity index (χ1n) is 11.6. The van der Waals surface area contributed by atoms with Gasteiger partial charge in [0.15, 0.2) is 0 Å². The number of alkyl halides is 3. The highest BCUT2D eigenvalue weighted by atomic mass is 19.4. The number of benzene rings is 3. The zero-order chi connectivity index (χ0) is 26.9. The lowest BCUT2D eigenvalue weighted by Crippen LogP contribution is -2.05. The van der Waals surface area contributed by atoms with Crippen LogP contribution in [0, 0.1) is 13.8 Å². The molecular formula is C28H25F3N2O4. The molecule has 0 unspecified atom stereocenters. The van der Waals surface area contributed by atoms with Gasteiger partial charge in [-0.1, -0.05) is 24.3 Å². The molecule has 0 spiro atoms. The number of phenolic OH excluding ortho intramolecular Hbond substituents is 1. The number of phenols is 1. The number of aromatic nitrogens is 1. The number of carboxylic acid groups (broad SMARTS) is 1. The minimum Gasteiger partial charge on any atom is -0.505 e. The molecule has 6 nitrogen and oxygen atoms in total. The number of hydrogen-bond donors (Lipinski definition) is 3. The molecule has 37 heavy (non-hydrogen) atoms. The van der Waals surface area contributed by atoms with Gasteiger partial charge in [0.2, 0.25) is 5.88 Å². The Labute approximate surface area is 211 Å². The van der Waals surface area contributed by atoms with Gasteiger partial charge in [-0.15, -0.1) is 0 Å². The minimum atomic E-state index is -4.57. The van der Waals surface area contributed by atoms with E-state index in [0.717, 1.165) is 23.3 Å². The average molecular weight is 511 g/mol.